The SMILES string of the molecule is Cc1cn[nH]c1CN1CCOC(c2ccccc2Cl)C1. The summed E-state index contributed by atoms with van der Waals surface area (Å²) < 4.78 is 5.87. The van der Waals surface area contributed by atoms with E-state index < -0.39 is 0 Å². The van der Waals surface area contributed by atoms with Crippen LogP contribution in [0.4, 0.5) is 0 Å². The van der Waals surface area contributed by atoms with E-state index in [-0.39, 0.29) is 6.10 Å². The molecule has 2 aromatic rings. The zero-order chi connectivity index (χ0) is 13.9. The number of aryl methyl sites for hydroxylation is 1. The van der Waals surface area contributed by atoms with Crippen LogP contribution in [-0.2, 0) is 11.3 Å². The van der Waals surface area contributed by atoms with E-state index in [4.69, 9.17) is 16.3 Å². The largest absolute Gasteiger partial charge is 0.371 e. The van der Waals surface area contributed by atoms with Crippen LogP contribution in [-0.4, -0.2) is 34.8 Å². The van der Waals surface area contributed by atoms with Gasteiger partial charge in [0.1, 0.15) is 0 Å². The van der Waals surface area contributed by atoms with Crippen LogP contribution in [0, 0.1) is 6.92 Å². The van der Waals surface area contributed by atoms with Crippen molar-refractivity contribution in [1.29, 1.82) is 0 Å². The van der Waals surface area contributed by atoms with Gasteiger partial charge in [-0.05, 0) is 18.6 Å². The van der Waals surface area contributed by atoms with Crippen LogP contribution in [0.5, 0.6) is 0 Å². The molecule has 1 aromatic carbocycles. The highest BCUT2D eigenvalue weighted by Gasteiger charge is 2.24. The van der Waals surface area contributed by atoms with Gasteiger partial charge in [-0.2, -0.15) is 5.10 Å². The van der Waals surface area contributed by atoms with Crippen LogP contribution in [0.25, 0.3) is 0 Å². The summed E-state index contributed by atoms with van der Waals surface area (Å²) in [6.45, 7) is 5.45. The normalized spacial score (nSPS) is 20.2. The van der Waals surface area contributed by atoms with Crippen molar-refractivity contribution in [1.82, 2.24) is 15.1 Å². The number of ether oxygens (including phenoxy) is 1. The second-order valence-corrected chi connectivity index (χ2v) is 5.55. The second-order valence-electron chi connectivity index (χ2n) is 5.15. The van der Waals surface area contributed by atoms with E-state index in [1.165, 1.54) is 11.3 Å². The lowest BCUT2D eigenvalue weighted by atomic mass is 10.1. The van der Waals surface area contributed by atoms with Crippen molar-refractivity contribution in [2.45, 2.75) is 19.6 Å². The molecule has 5 heteroatoms. The minimum Gasteiger partial charge on any atom is -0.371 e. The fourth-order valence-electron chi connectivity index (χ4n) is 2.53. The maximum absolute atomic E-state index is 6.26. The number of hydrogen-bond acceptors (Lipinski definition) is 3. The minimum atomic E-state index is 0.0423. The van der Waals surface area contributed by atoms with Crippen molar-refractivity contribution in [3.8, 4) is 0 Å². The summed E-state index contributed by atoms with van der Waals surface area (Å²) in [5.74, 6) is 0. The predicted octanol–water partition coefficient (Wildman–Crippen LogP) is 2.95. The molecule has 106 valence electrons. The van der Waals surface area contributed by atoms with Gasteiger partial charge in [0.15, 0.2) is 0 Å². The Kier molecular flexibility index (Phi) is 4.05. The third-order valence-corrected chi connectivity index (χ3v) is 4.06. The van der Waals surface area contributed by atoms with E-state index in [2.05, 4.69) is 22.0 Å². The monoisotopic (exact) mass is 291 g/mol. The molecule has 1 atom stereocenters. The van der Waals surface area contributed by atoms with Crippen molar-refractivity contribution in [3.63, 3.8) is 0 Å². The minimum absolute atomic E-state index is 0.0423. The molecular weight excluding hydrogens is 274 g/mol. The molecule has 0 amide bonds. The first-order valence-electron chi connectivity index (χ1n) is 6.81. The lowest BCUT2D eigenvalue weighted by Crippen LogP contribution is -2.38. The van der Waals surface area contributed by atoms with Crippen molar-refractivity contribution < 1.29 is 4.74 Å². The van der Waals surface area contributed by atoms with E-state index in [9.17, 15) is 0 Å². The average Bonchev–Trinajstić information content (AvgIpc) is 2.85. The van der Waals surface area contributed by atoms with E-state index in [0.717, 1.165) is 36.8 Å². The molecule has 0 spiro atoms. The summed E-state index contributed by atoms with van der Waals surface area (Å²) in [5, 5.41) is 7.91. The number of aromatic nitrogens is 2. The third-order valence-electron chi connectivity index (χ3n) is 3.72. The zero-order valence-corrected chi connectivity index (χ0v) is 12.2. The van der Waals surface area contributed by atoms with Crippen molar-refractivity contribution in [2.75, 3.05) is 19.7 Å². The first-order valence-corrected chi connectivity index (χ1v) is 7.19. The Hall–Kier alpha value is -1.36. The number of nitrogens with one attached hydrogen (secondary N) is 1. The molecule has 0 aliphatic carbocycles. The van der Waals surface area contributed by atoms with E-state index in [1.54, 1.807) is 0 Å². The number of rotatable bonds is 3. The number of H-pyrrole nitrogens is 1. The van der Waals surface area contributed by atoms with Crippen LogP contribution in [0.1, 0.15) is 22.9 Å². The number of morpholine rings is 1. The lowest BCUT2D eigenvalue weighted by Gasteiger charge is -2.33. The summed E-state index contributed by atoms with van der Waals surface area (Å²) >= 11 is 6.26. The second kappa shape index (κ2) is 5.95. The smallest absolute Gasteiger partial charge is 0.0966 e. The molecule has 1 N–H and O–H groups in total. The zero-order valence-electron chi connectivity index (χ0n) is 11.5. The van der Waals surface area contributed by atoms with Crippen molar-refractivity contribution in [2.24, 2.45) is 0 Å². The topological polar surface area (TPSA) is 41.2 Å². The Morgan fingerprint density at radius 2 is 2.30 bits per heavy atom. The van der Waals surface area contributed by atoms with Gasteiger partial charge in [-0.3, -0.25) is 10.00 Å². The Balaban J connectivity index is 1.71. The number of benzene rings is 1. The molecule has 20 heavy (non-hydrogen) atoms. The van der Waals surface area contributed by atoms with E-state index in [1.807, 2.05) is 30.5 Å². The first kappa shape index (κ1) is 13.6. The van der Waals surface area contributed by atoms with Crippen LogP contribution >= 0.6 is 11.6 Å². The Morgan fingerprint density at radius 3 is 3.05 bits per heavy atom. The van der Waals surface area contributed by atoms with Gasteiger partial charge in [0.05, 0.1) is 24.6 Å². The highest BCUT2D eigenvalue weighted by molar-refractivity contribution is 6.31. The molecule has 2 heterocycles. The molecule has 1 aromatic heterocycles. The highest BCUT2D eigenvalue weighted by atomic mass is 35.5. The molecule has 4 nitrogen and oxygen atoms in total. The number of nitrogens with zero attached hydrogens (tertiary/aromatic N) is 2. The van der Waals surface area contributed by atoms with Crippen LogP contribution < -0.4 is 0 Å². The van der Waals surface area contributed by atoms with E-state index in [0.29, 0.717) is 0 Å². The van der Waals surface area contributed by atoms with Gasteiger partial charge < -0.3 is 4.74 Å². The molecule has 1 fully saturated rings. The molecule has 0 saturated carbocycles. The van der Waals surface area contributed by atoms with Gasteiger partial charge in [0, 0.05) is 30.2 Å². The van der Waals surface area contributed by atoms with Crippen LogP contribution in [0.3, 0.4) is 0 Å². The number of hydrogen-bond donors (Lipinski definition) is 1. The fraction of sp³-hybridized carbons (Fsp3) is 0.400. The summed E-state index contributed by atoms with van der Waals surface area (Å²) in [4.78, 5) is 2.37. The lowest BCUT2D eigenvalue weighted by molar-refractivity contribution is -0.0332. The highest BCUT2D eigenvalue weighted by Crippen LogP contribution is 2.28. The van der Waals surface area contributed by atoms with Gasteiger partial charge in [0.25, 0.3) is 0 Å². The average molecular weight is 292 g/mol. The van der Waals surface area contributed by atoms with Gasteiger partial charge in [-0.15, -0.1) is 0 Å². The van der Waals surface area contributed by atoms with Crippen molar-refractivity contribution in [3.05, 3.63) is 52.3 Å². The summed E-state index contributed by atoms with van der Waals surface area (Å²) in [7, 11) is 0. The molecule has 1 saturated heterocycles. The summed E-state index contributed by atoms with van der Waals surface area (Å²) in [6, 6.07) is 7.90. The molecule has 0 bridgehead atoms. The van der Waals surface area contributed by atoms with Gasteiger partial charge >= 0.3 is 0 Å². The molecule has 1 unspecified atom stereocenters. The third kappa shape index (κ3) is 2.87. The Labute approximate surface area is 123 Å². The number of halogens is 1. The van der Waals surface area contributed by atoms with E-state index >= 15 is 0 Å². The maximum atomic E-state index is 6.26. The van der Waals surface area contributed by atoms with Gasteiger partial charge in [-0.25, -0.2) is 0 Å². The molecule has 0 radical (unpaired) electrons. The fourth-order valence-corrected chi connectivity index (χ4v) is 2.78. The molecule has 1 aliphatic rings. The molecule has 3 rings (SSSR count). The van der Waals surface area contributed by atoms with Crippen molar-refractivity contribution >= 4 is 11.6 Å². The number of aromatic amines is 1. The summed E-state index contributed by atoms with van der Waals surface area (Å²) in [5.41, 5.74) is 3.44. The standard InChI is InChI=1S/C15H18ClN3O/c1-11-8-17-18-14(11)9-19-6-7-20-15(10-19)12-4-2-3-5-13(12)16/h2-5,8,15H,6-7,9-10H2,1H3,(H,17,18). The van der Waals surface area contributed by atoms with Crippen LogP contribution in [0.2, 0.25) is 5.02 Å². The predicted molar refractivity (Wildman–Crippen MR) is 78.7 cm³/mol. The summed E-state index contributed by atoms with van der Waals surface area (Å²) in [6.07, 6.45) is 1.90. The van der Waals surface area contributed by atoms with Gasteiger partial charge in [0.2, 0.25) is 0 Å². The van der Waals surface area contributed by atoms with Crippen LogP contribution in [0.15, 0.2) is 30.5 Å². The Morgan fingerprint density at radius 1 is 1.45 bits per heavy atom. The Bertz CT molecular complexity index is 584. The van der Waals surface area contributed by atoms with Gasteiger partial charge in [-0.1, -0.05) is 29.8 Å². The molecular formula is C15H18ClN3O. The quantitative estimate of drug-likeness (QED) is 0.945. The first-order chi connectivity index (χ1) is 9.74. The maximum Gasteiger partial charge on any atom is 0.0966 e. The molecule has 1 aliphatic heterocycles.